The molecule has 0 spiro atoms. The molecule has 3 heterocycles. The molecule has 18 nitrogen and oxygen atoms in total. The molecule has 9 aromatic rings. The van der Waals surface area contributed by atoms with Crippen molar-refractivity contribution in [3.63, 3.8) is 0 Å². The molecule has 0 aliphatic carbocycles. The Labute approximate surface area is 431 Å². The van der Waals surface area contributed by atoms with Crippen molar-refractivity contribution in [2.24, 2.45) is 0 Å². The number of hydrogen-bond acceptors (Lipinski definition) is 18. The van der Waals surface area contributed by atoms with E-state index in [0.717, 1.165) is 0 Å². The molecule has 0 saturated carbocycles. The molecule has 0 aliphatic heterocycles. The molecule has 9 rings (SSSR count). The van der Waals surface area contributed by atoms with Crippen LogP contribution in [0.4, 0.5) is 0 Å². The first-order chi connectivity index (χ1) is 36.3. The van der Waals surface area contributed by atoms with Gasteiger partial charge in [-0.3, -0.25) is 38.4 Å². The molecule has 386 valence electrons. The largest absolute Gasteiger partial charge is 0.497 e. The Balaban J connectivity index is 0.000000167. The van der Waals surface area contributed by atoms with Crippen LogP contribution in [0.2, 0.25) is 0 Å². The van der Waals surface area contributed by atoms with Crippen LogP contribution in [0, 0.1) is 6.92 Å². The van der Waals surface area contributed by atoms with Gasteiger partial charge < -0.3 is 46.4 Å². The number of aryl methyl sites for hydroxylation is 1. The lowest BCUT2D eigenvalue weighted by molar-refractivity contribution is -0.132. The highest BCUT2D eigenvalue weighted by Gasteiger charge is 2.18. The Hall–Kier alpha value is -10.1. The highest BCUT2D eigenvalue weighted by molar-refractivity contribution is 5.88. The Morgan fingerprint density at radius 3 is 1.28 bits per heavy atom. The van der Waals surface area contributed by atoms with Crippen molar-refractivity contribution in [3.8, 4) is 73.6 Å². The number of methoxy groups -OCH3 is 2. The zero-order valence-electron chi connectivity index (χ0n) is 42.1. The predicted molar refractivity (Wildman–Crippen MR) is 278 cm³/mol. The van der Waals surface area contributed by atoms with Crippen LogP contribution in [0.5, 0.6) is 40.2 Å². The molecule has 3 aromatic heterocycles. The minimum absolute atomic E-state index is 0.158. The van der Waals surface area contributed by atoms with Crippen molar-refractivity contribution in [3.05, 3.63) is 170 Å². The Bertz CT molecular complexity index is 3920. The maximum absolute atomic E-state index is 13.0. The topological polar surface area (TPSA) is 241 Å². The second kappa shape index (κ2) is 23.6. The Morgan fingerprint density at radius 2 is 0.789 bits per heavy atom. The molecular formula is C58H46O18. The van der Waals surface area contributed by atoms with E-state index < -0.39 is 29.8 Å². The van der Waals surface area contributed by atoms with Gasteiger partial charge in [-0.1, -0.05) is 30.3 Å². The van der Waals surface area contributed by atoms with Gasteiger partial charge in [-0.15, -0.1) is 0 Å². The summed E-state index contributed by atoms with van der Waals surface area (Å²) in [6.45, 7) is 8.21. The van der Waals surface area contributed by atoms with Gasteiger partial charge in [0.05, 0.1) is 47.1 Å². The average Bonchev–Trinajstić information content (AvgIpc) is 3.38. The number of fused-ring (bicyclic) bond motifs is 3. The predicted octanol–water partition coefficient (Wildman–Crippen LogP) is 10.3. The van der Waals surface area contributed by atoms with Crippen LogP contribution in [0.3, 0.4) is 0 Å². The zero-order valence-corrected chi connectivity index (χ0v) is 42.1. The van der Waals surface area contributed by atoms with Crippen LogP contribution in [-0.2, 0) is 24.0 Å². The van der Waals surface area contributed by atoms with Gasteiger partial charge in [0.1, 0.15) is 64.3 Å². The van der Waals surface area contributed by atoms with Crippen LogP contribution in [-0.4, -0.2) is 44.1 Å². The number of ether oxygens (including phenoxy) is 7. The van der Waals surface area contributed by atoms with E-state index in [1.54, 1.807) is 99.0 Å². The Morgan fingerprint density at radius 1 is 0.382 bits per heavy atom. The van der Waals surface area contributed by atoms with Gasteiger partial charge in [0.15, 0.2) is 22.4 Å². The van der Waals surface area contributed by atoms with Crippen molar-refractivity contribution in [1.29, 1.82) is 0 Å². The number of esters is 5. The van der Waals surface area contributed by atoms with Crippen LogP contribution >= 0.6 is 0 Å². The average molecular weight is 1030 g/mol. The van der Waals surface area contributed by atoms with Crippen molar-refractivity contribution in [1.82, 2.24) is 0 Å². The van der Waals surface area contributed by atoms with Crippen LogP contribution in [0.1, 0.15) is 40.2 Å². The summed E-state index contributed by atoms with van der Waals surface area (Å²) in [6, 6.07) is 30.9. The summed E-state index contributed by atoms with van der Waals surface area (Å²) >= 11 is 0. The number of benzene rings is 6. The molecule has 0 amide bonds. The van der Waals surface area contributed by atoms with E-state index in [9.17, 15) is 38.4 Å². The summed E-state index contributed by atoms with van der Waals surface area (Å²) in [4.78, 5) is 93.8. The molecule has 0 radical (unpaired) electrons. The molecule has 76 heavy (non-hydrogen) atoms. The highest BCUT2D eigenvalue weighted by atomic mass is 16.6. The number of carbonyl (C=O) groups is 5. The van der Waals surface area contributed by atoms with Gasteiger partial charge in [-0.2, -0.15) is 0 Å². The van der Waals surface area contributed by atoms with Crippen molar-refractivity contribution in [2.45, 2.75) is 41.5 Å². The molecule has 0 unspecified atom stereocenters. The van der Waals surface area contributed by atoms with Crippen molar-refractivity contribution in [2.75, 3.05) is 14.2 Å². The monoisotopic (exact) mass is 1030 g/mol. The molecule has 18 heteroatoms. The summed E-state index contributed by atoms with van der Waals surface area (Å²) in [5.41, 5.74) is 3.84. The lowest BCUT2D eigenvalue weighted by Gasteiger charge is -2.11. The molecule has 0 fully saturated rings. The van der Waals surface area contributed by atoms with Crippen LogP contribution in [0.15, 0.2) is 162 Å². The van der Waals surface area contributed by atoms with E-state index in [1.165, 1.54) is 78.7 Å². The lowest BCUT2D eigenvalue weighted by atomic mass is 10.0. The fourth-order valence-corrected chi connectivity index (χ4v) is 7.62. The third kappa shape index (κ3) is 12.7. The highest BCUT2D eigenvalue weighted by Crippen LogP contribution is 2.34. The maximum Gasteiger partial charge on any atom is 0.308 e. The van der Waals surface area contributed by atoms with Crippen LogP contribution < -0.4 is 49.4 Å². The zero-order chi connectivity index (χ0) is 54.8. The number of rotatable bonds is 10. The molecule has 6 aromatic carbocycles. The maximum atomic E-state index is 13.0. The second-order valence-corrected chi connectivity index (χ2v) is 16.4. The van der Waals surface area contributed by atoms with E-state index in [2.05, 4.69) is 0 Å². The number of hydrogen-bond donors (Lipinski definition) is 0. The quantitative estimate of drug-likeness (QED) is 0.0913. The molecular weight excluding hydrogens is 985 g/mol. The van der Waals surface area contributed by atoms with Gasteiger partial charge in [-0.05, 0) is 96.4 Å². The Kier molecular flexibility index (Phi) is 16.7. The van der Waals surface area contributed by atoms with Gasteiger partial charge in [0.25, 0.3) is 0 Å². The molecule has 0 N–H and O–H groups in total. The third-order valence-electron chi connectivity index (χ3n) is 10.9. The first-order valence-electron chi connectivity index (χ1n) is 22.9. The van der Waals surface area contributed by atoms with Gasteiger partial charge >= 0.3 is 29.8 Å². The smallest absolute Gasteiger partial charge is 0.308 e. The minimum Gasteiger partial charge on any atom is -0.497 e. The van der Waals surface area contributed by atoms with Crippen LogP contribution in [0.25, 0.3) is 66.3 Å². The number of carbonyl (C=O) groups excluding carboxylic acids is 5. The lowest BCUT2D eigenvalue weighted by Crippen LogP contribution is -2.08. The van der Waals surface area contributed by atoms with E-state index in [-0.39, 0.29) is 22.0 Å². The summed E-state index contributed by atoms with van der Waals surface area (Å²) in [6.07, 6.45) is 4.07. The summed E-state index contributed by atoms with van der Waals surface area (Å²) < 4.78 is 52.4. The first-order valence-corrected chi connectivity index (χ1v) is 22.9. The second-order valence-electron chi connectivity index (χ2n) is 16.4. The fraction of sp³-hybridized carbons (Fsp3) is 0.138. The van der Waals surface area contributed by atoms with Gasteiger partial charge in [0.2, 0.25) is 5.43 Å². The third-order valence-corrected chi connectivity index (χ3v) is 10.9. The molecule has 0 aliphatic rings. The minimum atomic E-state index is -0.477. The van der Waals surface area contributed by atoms with Crippen molar-refractivity contribution < 1.29 is 70.4 Å². The SMILES string of the molecule is CC(=O)Oc1cccc(-c2coc3cc(OC(C)=O)ccc3c2=O)c1.COc1cc(-c2coc3c(C)c(OC(C)=O)ccc3c2=O)ccc1OC(C)=O.COc1cccc(-c2coc3cc(OC(C)=O)ccc3c2=O)c1. The molecule has 0 atom stereocenters. The van der Waals surface area contributed by atoms with Gasteiger partial charge in [-0.25, -0.2) is 0 Å². The van der Waals surface area contributed by atoms with E-state index in [1.807, 2.05) is 12.1 Å². The van der Waals surface area contributed by atoms with E-state index in [0.29, 0.717) is 106 Å². The molecule has 0 bridgehead atoms. The summed E-state index contributed by atoms with van der Waals surface area (Å²) in [7, 11) is 3.01. The standard InChI is InChI=1S/C21H18O7.C19H14O6.C18H14O5/c1-11-17(27-12(2)22)8-6-15-20(24)16(10-26-21(11)15)14-5-7-18(28-13(3)23)19(9-14)25-4;1-11(20)24-14-5-3-4-13(8-14)17-10-23-18-9-15(25-12(2)21)6-7-16(18)19(17)22;1-11(19)23-14-6-7-15-17(9-14)22-10-16(18(15)20)12-4-3-5-13(8-12)21-2/h5-10H,1-4H3;3-10H,1-2H3;3-10H,1-2H3. The molecule has 0 saturated heterocycles. The first kappa shape index (κ1) is 53.7. The summed E-state index contributed by atoms with van der Waals surface area (Å²) in [5.74, 6) is 0.275. The normalized spacial score (nSPS) is 10.5. The fourth-order valence-electron chi connectivity index (χ4n) is 7.62. The van der Waals surface area contributed by atoms with E-state index in [4.69, 9.17) is 46.4 Å². The summed E-state index contributed by atoms with van der Waals surface area (Å²) in [5, 5.41) is 1.13. The van der Waals surface area contributed by atoms with Gasteiger partial charge in [0, 0.05) is 52.3 Å². The van der Waals surface area contributed by atoms with E-state index >= 15 is 0 Å². The van der Waals surface area contributed by atoms with Crippen molar-refractivity contribution >= 4 is 62.8 Å².